The summed E-state index contributed by atoms with van der Waals surface area (Å²) in [5.41, 5.74) is 1.38. The summed E-state index contributed by atoms with van der Waals surface area (Å²) >= 11 is 18.6. The summed E-state index contributed by atoms with van der Waals surface area (Å²) in [6.45, 7) is 1.43. The maximum atomic E-state index is 13.0. The van der Waals surface area contributed by atoms with E-state index in [1.165, 1.54) is 30.9 Å². The molecule has 0 radical (unpaired) electrons. The fourth-order valence-corrected chi connectivity index (χ4v) is 4.08. The van der Waals surface area contributed by atoms with E-state index >= 15 is 0 Å². The molecule has 0 saturated heterocycles. The van der Waals surface area contributed by atoms with Crippen LogP contribution >= 0.6 is 34.8 Å². The quantitative estimate of drug-likeness (QED) is 0.324. The lowest BCUT2D eigenvalue weighted by atomic mass is 9.97. The van der Waals surface area contributed by atoms with Gasteiger partial charge in [-0.2, -0.15) is 0 Å². The van der Waals surface area contributed by atoms with Crippen LogP contribution in [-0.2, 0) is 11.2 Å². The Labute approximate surface area is 194 Å². The number of ketones is 1. The highest BCUT2D eigenvalue weighted by Crippen LogP contribution is 2.34. The molecule has 3 aromatic rings. The second-order valence-corrected chi connectivity index (χ2v) is 8.11. The Bertz CT molecular complexity index is 1200. The molecule has 0 amide bonds. The van der Waals surface area contributed by atoms with Crippen LogP contribution in [0.15, 0.2) is 53.5 Å². The highest BCUT2D eigenvalue weighted by Gasteiger charge is 2.21. The molecule has 0 bridgehead atoms. The van der Waals surface area contributed by atoms with Crippen LogP contribution in [0.25, 0.3) is 11.1 Å². The highest BCUT2D eigenvalue weighted by atomic mass is 35.5. The number of aldehydes is 1. The van der Waals surface area contributed by atoms with Gasteiger partial charge in [-0.1, -0.05) is 40.9 Å². The van der Waals surface area contributed by atoms with E-state index < -0.39 is 11.6 Å². The number of methoxy groups -OCH3 is 1. The Balaban J connectivity index is 2.13. The average Bonchev–Trinajstić information content (AvgIpc) is 2.73. The molecule has 160 valence electrons. The molecule has 3 rings (SSSR count). The fourth-order valence-electron chi connectivity index (χ4n) is 3.36. The van der Waals surface area contributed by atoms with Crippen LogP contribution in [0.5, 0.6) is 5.75 Å². The van der Waals surface area contributed by atoms with Gasteiger partial charge in [0.05, 0.1) is 19.3 Å². The summed E-state index contributed by atoms with van der Waals surface area (Å²) in [7, 11) is 1.44. The summed E-state index contributed by atoms with van der Waals surface area (Å²) in [5, 5.41) is 1.22. The predicted molar refractivity (Wildman–Crippen MR) is 123 cm³/mol. The Hall–Kier alpha value is -2.60. The SMILES string of the molecule is COc1cn(C(C=O)Cc2c(Cl)cccc2Cl)c(=O)cc1-c1cc(Cl)ccc1C(C)=O. The molecule has 5 nitrogen and oxygen atoms in total. The second kappa shape index (κ2) is 9.69. The van der Waals surface area contributed by atoms with E-state index in [2.05, 4.69) is 0 Å². The van der Waals surface area contributed by atoms with Gasteiger partial charge in [-0.05, 0) is 48.4 Å². The van der Waals surface area contributed by atoms with Gasteiger partial charge in [0.15, 0.2) is 5.78 Å². The van der Waals surface area contributed by atoms with Crippen LogP contribution < -0.4 is 10.3 Å². The van der Waals surface area contributed by atoms with Crippen molar-refractivity contribution < 1.29 is 14.3 Å². The van der Waals surface area contributed by atoms with Gasteiger partial charge in [0.25, 0.3) is 5.56 Å². The first-order valence-corrected chi connectivity index (χ1v) is 10.4. The normalized spacial score (nSPS) is 11.8. The summed E-state index contributed by atoms with van der Waals surface area (Å²) in [6, 6.07) is 10.3. The molecule has 1 unspecified atom stereocenters. The number of aromatic nitrogens is 1. The van der Waals surface area contributed by atoms with Crippen molar-refractivity contribution in [1.82, 2.24) is 4.57 Å². The molecular formula is C23H18Cl3NO4. The number of benzene rings is 2. The molecule has 0 aliphatic carbocycles. The number of Topliss-reactive ketones (excluding diaryl/α,β-unsaturated/α-hetero) is 1. The van der Waals surface area contributed by atoms with Crippen LogP contribution in [0.3, 0.4) is 0 Å². The van der Waals surface area contributed by atoms with E-state index in [4.69, 9.17) is 39.5 Å². The van der Waals surface area contributed by atoms with Crippen molar-refractivity contribution in [2.75, 3.05) is 7.11 Å². The molecule has 0 spiro atoms. The maximum Gasteiger partial charge on any atom is 0.252 e. The van der Waals surface area contributed by atoms with Crippen LogP contribution in [0.1, 0.15) is 28.9 Å². The van der Waals surface area contributed by atoms with Gasteiger partial charge >= 0.3 is 0 Å². The lowest BCUT2D eigenvalue weighted by Crippen LogP contribution is -2.27. The van der Waals surface area contributed by atoms with Gasteiger partial charge in [-0.25, -0.2) is 0 Å². The molecule has 2 aromatic carbocycles. The number of carbonyl (C=O) groups is 2. The van der Waals surface area contributed by atoms with Crippen LogP contribution in [0, 0.1) is 0 Å². The maximum absolute atomic E-state index is 13.0. The van der Waals surface area contributed by atoms with Crippen molar-refractivity contribution in [2.24, 2.45) is 0 Å². The Morgan fingerprint density at radius 2 is 1.77 bits per heavy atom. The van der Waals surface area contributed by atoms with Gasteiger partial charge in [0, 0.05) is 38.7 Å². The Kier molecular flexibility index (Phi) is 7.21. The fraction of sp³-hybridized carbons (Fsp3) is 0.174. The molecule has 31 heavy (non-hydrogen) atoms. The van der Waals surface area contributed by atoms with E-state index in [0.717, 1.165) is 0 Å². The zero-order chi connectivity index (χ0) is 22.7. The Morgan fingerprint density at radius 3 is 2.35 bits per heavy atom. The third-order valence-electron chi connectivity index (χ3n) is 4.90. The van der Waals surface area contributed by atoms with Gasteiger partial charge in [0.2, 0.25) is 0 Å². The first kappa shape index (κ1) is 23.1. The van der Waals surface area contributed by atoms with Crippen molar-refractivity contribution in [3.05, 3.63) is 85.2 Å². The number of ether oxygens (including phenoxy) is 1. The number of halogens is 3. The molecule has 1 atom stereocenters. The van der Waals surface area contributed by atoms with Gasteiger partial charge in [0.1, 0.15) is 12.0 Å². The Morgan fingerprint density at radius 1 is 1.10 bits per heavy atom. The minimum Gasteiger partial charge on any atom is -0.495 e. The van der Waals surface area contributed by atoms with Gasteiger partial charge in [-0.3, -0.25) is 9.59 Å². The lowest BCUT2D eigenvalue weighted by Gasteiger charge is -2.19. The molecule has 0 aliphatic heterocycles. The molecule has 8 heteroatoms. The van der Waals surface area contributed by atoms with Gasteiger partial charge < -0.3 is 14.1 Å². The predicted octanol–water partition coefficient (Wildman–Crippen LogP) is 5.67. The molecule has 1 aromatic heterocycles. The minimum absolute atomic E-state index is 0.125. The average molecular weight is 479 g/mol. The van der Waals surface area contributed by atoms with Crippen LogP contribution in [0.4, 0.5) is 0 Å². The molecular weight excluding hydrogens is 461 g/mol. The number of hydrogen-bond acceptors (Lipinski definition) is 4. The van der Waals surface area contributed by atoms with Crippen molar-refractivity contribution in [3.63, 3.8) is 0 Å². The van der Waals surface area contributed by atoms with Gasteiger partial charge in [-0.15, -0.1) is 0 Å². The largest absolute Gasteiger partial charge is 0.495 e. The molecule has 0 fully saturated rings. The summed E-state index contributed by atoms with van der Waals surface area (Å²) in [5.74, 6) is 0.124. The van der Waals surface area contributed by atoms with Crippen molar-refractivity contribution in [2.45, 2.75) is 19.4 Å². The number of nitrogens with zero attached hydrogens (tertiary/aromatic N) is 1. The molecule has 0 saturated carbocycles. The molecule has 0 aliphatic rings. The zero-order valence-electron chi connectivity index (χ0n) is 16.7. The smallest absolute Gasteiger partial charge is 0.252 e. The number of pyridine rings is 1. The molecule has 1 heterocycles. The van der Waals surface area contributed by atoms with E-state index in [0.29, 0.717) is 49.4 Å². The highest BCUT2D eigenvalue weighted by molar-refractivity contribution is 6.36. The minimum atomic E-state index is -0.862. The number of hydrogen-bond donors (Lipinski definition) is 0. The van der Waals surface area contributed by atoms with Crippen molar-refractivity contribution in [1.29, 1.82) is 0 Å². The third kappa shape index (κ3) is 4.85. The number of rotatable bonds is 7. The van der Waals surface area contributed by atoms with E-state index in [9.17, 15) is 14.4 Å². The summed E-state index contributed by atoms with van der Waals surface area (Å²) in [4.78, 5) is 36.9. The van der Waals surface area contributed by atoms with Crippen molar-refractivity contribution >= 4 is 46.9 Å². The summed E-state index contributed by atoms with van der Waals surface area (Å²) < 4.78 is 6.74. The first-order chi connectivity index (χ1) is 14.8. The zero-order valence-corrected chi connectivity index (χ0v) is 19.0. The second-order valence-electron chi connectivity index (χ2n) is 6.85. The first-order valence-electron chi connectivity index (χ1n) is 9.26. The van der Waals surface area contributed by atoms with Crippen LogP contribution in [-0.4, -0.2) is 23.7 Å². The monoisotopic (exact) mass is 477 g/mol. The van der Waals surface area contributed by atoms with E-state index in [1.54, 1.807) is 36.4 Å². The van der Waals surface area contributed by atoms with E-state index in [-0.39, 0.29) is 12.2 Å². The topological polar surface area (TPSA) is 65.4 Å². The van der Waals surface area contributed by atoms with E-state index in [1.807, 2.05) is 0 Å². The van der Waals surface area contributed by atoms with Crippen LogP contribution in [0.2, 0.25) is 15.1 Å². The summed E-state index contributed by atoms with van der Waals surface area (Å²) in [6.07, 6.45) is 2.22. The number of carbonyl (C=O) groups excluding carboxylic acids is 2. The van der Waals surface area contributed by atoms with Crippen molar-refractivity contribution in [3.8, 4) is 16.9 Å². The third-order valence-corrected chi connectivity index (χ3v) is 5.85. The molecule has 0 N–H and O–H groups in total. The standard InChI is InChI=1S/C23H18Cl3NO4/c1-13(29)16-7-6-14(24)8-17(16)18-10-23(30)27(11-22(18)31-2)15(12-28)9-19-20(25)4-3-5-21(19)26/h3-8,10-12,15H,9H2,1-2H3. The lowest BCUT2D eigenvalue weighted by molar-refractivity contribution is -0.110.